The molecule has 2 heterocycles. The van der Waals surface area contributed by atoms with Gasteiger partial charge in [-0.3, -0.25) is 9.59 Å². The Kier molecular flexibility index (Phi) is 5.94. The molecule has 0 spiro atoms. The van der Waals surface area contributed by atoms with E-state index in [4.69, 9.17) is 0 Å². The van der Waals surface area contributed by atoms with Gasteiger partial charge in [-0.1, -0.05) is 31.5 Å². The molecule has 2 N–H and O–H groups in total. The van der Waals surface area contributed by atoms with Crippen molar-refractivity contribution in [3.8, 4) is 0 Å². The quantitative estimate of drug-likeness (QED) is 0.765. The highest BCUT2D eigenvalue weighted by Gasteiger charge is 2.27. The predicted molar refractivity (Wildman–Crippen MR) is 106 cm³/mol. The Balaban J connectivity index is 1.89. The van der Waals surface area contributed by atoms with Crippen LogP contribution < -0.4 is 10.6 Å². The van der Waals surface area contributed by atoms with Crippen LogP contribution in [0.2, 0.25) is 0 Å². The molecular formula is C21H28N4O2. The van der Waals surface area contributed by atoms with Crippen molar-refractivity contribution in [1.82, 2.24) is 14.9 Å². The normalized spacial score (nSPS) is 13.1. The number of carbonyl (C=O) groups is 2. The molecule has 6 heteroatoms. The number of anilines is 1. The van der Waals surface area contributed by atoms with Gasteiger partial charge in [0, 0.05) is 18.8 Å². The first-order valence-corrected chi connectivity index (χ1v) is 9.78. The molecule has 1 aliphatic rings. The number of para-hydroxylation sites is 1. The Morgan fingerprint density at radius 3 is 2.59 bits per heavy atom. The molecule has 0 unspecified atom stereocenters. The minimum Gasteiger partial charge on any atom is -0.349 e. The molecule has 0 aliphatic carbocycles. The fraction of sp³-hybridized carbons (Fsp3) is 0.476. The summed E-state index contributed by atoms with van der Waals surface area (Å²) in [5.41, 5.74) is 4.07. The summed E-state index contributed by atoms with van der Waals surface area (Å²) in [4.78, 5) is 30.0. The zero-order valence-corrected chi connectivity index (χ0v) is 16.4. The number of aryl methyl sites for hydroxylation is 2. The third-order valence-corrected chi connectivity index (χ3v) is 5.07. The number of imidazole rings is 1. The standard InChI is InChI=1S/C21H28N4O2/c1-4-5-12-22-21(27)19-23-18(16-11-6-7-13-25(16)19)20(26)24-17-14(2)9-8-10-15(17)3/h8-10H,4-7,11-13H2,1-3H3,(H,22,27)(H,24,26). The summed E-state index contributed by atoms with van der Waals surface area (Å²) >= 11 is 0. The van der Waals surface area contributed by atoms with E-state index in [1.165, 1.54) is 0 Å². The van der Waals surface area contributed by atoms with Gasteiger partial charge in [0.2, 0.25) is 0 Å². The molecule has 3 rings (SSSR count). The van der Waals surface area contributed by atoms with Crippen LogP contribution in [0.15, 0.2) is 18.2 Å². The summed E-state index contributed by atoms with van der Waals surface area (Å²) < 4.78 is 1.92. The van der Waals surface area contributed by atoms with Gasteiger partial charge in [-0.2, -0.15) is 0 Å². The van der Waals surface area contributed by atoms with Crippen molar-refractivity contribution in [3.63, 3.8) is 0 Å². The van der Waals surface area contributed by atoms with Gasteiger partial charge in [0.05, 0.1) is 5.69 Å². The van der Waals surface area contributed by atoms with E-state index in [0.29, 0.717) is 18.1 Å². The first-order valence-electron chi connectivity index (χ1n) is 9.78. The van der Waals surface area contributed by atoms with E-state index >= 15 is 0 Å². The SMILES string of the molecule is CCCCNC(=O)c1nc(C(=O)Nc2c(C)cccc2C)c2n1CCCC2. The molecule has 27 heavy (non-hydrogen) atoms. The van der Waals surface area contributed by atoms with Gasteiger partial charge in [-0.25, -0.2) is 4.98 Å². The van der Waals surface area contributed by atoms with Gasteiger partial charge in [0.1, 0.15) is 0 Å². The molecular weight excluding hydrogens is 340 g/mol. The van der Waals surface area contributed by atoms with Gasteiger partial charge >= 0.3 is 0 Å². The average Bonchev–Trinajstić information content (AvgIpc) is 3.05. The second-order valence-electron chi connectivity index (χ2n) is 7.17. The third-order valence-electron chi connectivity index (χ3n) is 5.07. The Morgan fingerprint density at radius 2 is 1.89 bits per heavy atom. The number of rotatable bonds is 6. The van der Waals surface area contributed by atoms with Crippen LogP contribution in [0.5, 0.6) is 0 Å². The molecule has 1 aliphatic heterocycles. The maximum Gasteiger partial charge on any atom is 0.287 e. The maximum atomic E-state index is 13.0. The lowest BCUT2D eigenvalue weighted by Gasteiger charge is -2.17. The van der Waals surface area contributed by atoms with Crippen molar-refractivity contribution in [2.24, 2.45) is 0 Å². The second-order valence-corrected chi connectivity index (χ2v) is 7.17. The summed E-state index contributed by atoms with van der Waals surface area (Å²) in [6.45, 7) is 7.38. The number of carbonyl (C=O) groups excluding carboxylic acids is 2. The van der Waals surface area contributed by atoms with Crippen molar-refractivity contribution in [2.75, 3.05) is 11.9 Å². The van der Waals surface area contributed by atoms with E-state index in [1.807, 2.05) is 36.6 Å². The molecule has 0 atom stereocenters. The first-order chi connectivity index (χ1) is 13.0. The van der Waals surface area contributed by atoms with Crippen molar-refractivity contribution < 1.29 is 9.59 Å². The third kappa shape index (κ3) is 4.04. The summed E-state index contributed by atoms with van der Waals surface area (Å²) in [7, 11) is 0. The van der Waals surface area contributed by atoms with Crippen molar-refractivity contribution in [1.29, 1.82) is 0 Å². The molecule has 1 aromatic heterocycles. The lowest BCUT2D eigenvalue weighted by molar-refractivity contribution is 0.0937. The fourth-order valence-electron chi connectivity index (χ4n) is 3.54. The number of nitrogens with one attached hydrogen (secondary N) is 2. The summed E-state index contributed by atoms with van der Waals surface area (Å²) in [6.07, 6.45) is 4.72. The monoisotopic (exact) mass is 368 g/mol. The topological polar surface area (TPSA) is 76.0 Å². The van der Waals surface area contributed by atoms with Gasteiger partial charge < -0.3 is 15.2 Å². The highest BCUT2D eigenvalue weighted by molar-refractivity contribution is 6.05. The molecule has 0 bridgehead atoms. The van der Waals surface area contributed by atoms with E-state index in [0.717, 1.165) is 61.2 Å². The number of unbranched alkanes of at least 4 members (excludes halogenated alkanes) is 1. The van der Waals surface area contributed by atoms with E-state index in [1.54, 1.807) is 0 Å². The molecule has 0 saturated carbocycles. The molecule has 0 fully saturated rings. The van der Waals surface area contributed by atoms with Crippen LogP contribution in [-0.2, 0) is 13.0 Å². The molecule has 0 saturated heterocycles. The van der Waals surface area contributed by atoms with Gasteiger partial charge in [0.25, 0.3) is 11.8 Å². The molecule has 2 amide bonds. The molecule has 144 valence electrons. The van der Waals surface area contributed by atoms with Crippen LogP contribution in [0.4, 0.5) is 5.69 Å². The Hall–Kier alpha value is -2.63. The smallest absolute Gasteiger partial charge is 0.287 e. The van der Waals surface area contributed by atoms with Crippen LogP contribution in [0.3, 0.4) is 0 Å². The predicted octanol–water partition coefficient (Wildman–Crippen LogP) is 3.62. The summed E-state index contributed by atoms with van der Waals surface area (Å²) in [5.74, 6) is -0.0872. The molecule has 6 nitrogen and oxygen atoms in total. The molecule has 0 radical (unpaired) electrons. The highest BCUT2D eigenvalue weighted by Crippen LogP contribution is 2.24. The van der Waals surface area contributed by atoms with Crippen LogP contribution in [-0.4, -0.2) is 27.9 Å². The Morgan fingerprint density at radius 1 is 1.15 bits per heavy atom. The average molecular weight is 368 g/mol. The van der Waals surface area contributed by atoms with Gasteiger partial charge in [-0.15, -0.1) is 0 Å². The van der Waals surface area contributed by atoms with E-state index in [-0.39, 0.29) is 11.8 Å². The Bertz CT molecular complexity index is 834. The fourth-order valence-corrected chi connectivity index (χ4v) is 3.54. The first kappa shape index (κ1) is 19.1. The number of hydrogen-bond donors (Lipinski definition) is 2. The van der Waals surface area contributed by atoms with E-state index in [9.17, 15) is 9.59 Å². The molecule has 1 aromatic carbocycles. The highest BCUT2D eigenvalue weighted by atomic mass is 16.2. The van der Waals surface area contributed by atoms with Crippen molar-refractivity contribution in [3.05, 3.63) is 46.5 Å². The minimum absolute atomic E-state index is 0.197. The van der Waals surface area contributed by atoms with Crippen LogP contribution in [0.1, 0.15) is 70.5 Å². The van der Waals surface area contributed by atoms with Gasteiger partial charge in [-0.05, 0) is 50.7 Å². The number of amides is 2. The Labute approximate surface area is 160 Å². The van der Waals surface area contributed by atoms with Crippen LogP contribution >= 0.6 is 0 Å². The summed E-state index contributed by atoms with van der Waals surface area (Å²) in [5, 5.41) is 5.92. The number of aromatic nitrogens is 2. The largest absolute Gasteiger partial charge is 0.349 e. The minimum atomic E-state index is -0.245. The maximum absolute atomic E-state index is 13.0. The van der Waals surface area contributed by atoms with Crippen LogP contribution in [0.25, 0.3) is 0 Å². The lowest BCUT2D eigenvalue weighted by atomic mass is 10.1. The lowest BCUT2D eigenvalue weighted by Crippen LogP contribution is -2.28. The summed E-state index contributed by atoms with van der Waals surface area (Å²) in [6, 6.07) is 5.91. The van der Waals surface area contributed by atoms with Gasteiger partial charge in [0.15, 0.2) is 11.5 Å². The zero-order chi connectivity index (χ0) is 19.4. The van der Waals surface area contributed by atoms with Crippen LogP contribution in [0, 0.1) is 13.8 Å². The number of fused-ring (bicyclic) bond motifs is 1. The van der Waals surface area contributed by atoms with Crippen molar-refractivity contribution >= 4 is 17.5 Å². The van der Waals surface area contributed by atoms with Crippen molar-refractivity contribution in [2.45, 2.75) is 59.4 Å². The second kappa shape index (κ2) is 8.37. The molecule has 2 aromatic rings. The number of hydrogen-bond acceptors (Lipinski definition) is 3. The van der Waals surface area contributed by atoms with E-state index < -0.39 is 0 Å². The van der Waals surface area contributed by atoms with E-state index in [2.05, 4.69) is 22.5 Å². The number of nitrogens with zero attached hydrogens (tertiary/aromatic N) is 2. The number of benzene rings is 1. The zero-order valence-electron chi connectivity index (χ0n) is 16.4.